The number of rotatable bonds is 0. The second kappa shape index (κ2) is 2.96. The van der Waals surface area contributed by atoms with Gasteiger partial charge in [-0.05, 0) is 37.1 Å². The zero-order chi connectivity index (χ0) is 9.64. The van der Waals surface area contributed by atoms with Gasteiger partial charge in [0.05, 0.1) is 6.10 Å². The van der Waals surface area contributed by atoms with Crippen LogP contribution in [0, 0.1) is 17.3 Å². The Morgan fingerprint density at radius 3 is 2.08 bits per heavy atom. The SMILES string of the molecule is CN1CC2CC(C)(C)CC(C1)C2O. The first-order chi connectivity index (χ1) is 5.98. The van der Waals surface area contributed by atoms with Crippen LogP contribution in [0.25, 0.3) is 0 Å². The van der Waals surface area contributed by atoms with Crippen LogP contribution < -0.4 is 0 Å². The van der Waals surface area contributed by atoms with Crippen LogP contribution in [0.3, 0.4) is 0 Å². The highest BCUT2D eigenvalue weighted by Crippen LogP contribution is 2.44. The van der Waals surface area contributed by atoms with E-state index in [1.54, 1.807) is 0 Å². The minimum Gasteiger partial charge on any atom is -0.392 e. The van der Waals surface area contributed by atoms with E-state index in [2.05, 4.69) is 25.8 Å². The number of hydrogen-bond acceptors (Lipinski definition) is 2. The maximum Gasteiger partial charge on any atom is 0.0621 e. The number of nitrogens with zero attached hydrogens (tertiary/aromatic N) is 1. The van der Waals surface area contributed by atoms with Gasteiger partial charge in [0.15, 0.2) is 0 Å². The highest BCUT2D eigenvalue weighted by molar-refractivity contribution is 4.95. The molecule has 2 atom stereocenters. The fourth-order valence-corrected chi connectivity index (χ4v) is 3.35. The lowest BCUT2D eigenvalue weighted by Crippen LogP contribution is -2.53. The van der Waals surface area contributed by atoms with E-state index in [1.807, 2.05) is 0 Å². The summed E-state index contributed by atoms with van der Waals surface area (Å²) in [4.78, 5) is 2.37. The Hall–Kier alpha value is -0.0800. The Labute approximate surface area is 80.9 Å². The van der Waals surface area contributed by atoms with Gasteiger partial charge in [0.1, 0.15) is 0 Å². The molecular weight excluding hydrogens is 162 g/mol. The van der Waals surface area contributed by atoms with Crippen molar-refractivity contribution in [2.24, 2.45) is 17.3 Å². The molecule has 2 nitrogen and oxygen atoms in total. The van der Waals surface area contributed by atoms with Gasteiger partial charge in [0.2, 0.25) is 0 Å². The topological polar surface area (TPSA) is 23.5 Å². The van der Waals surface area contributed by atoms with Crippen LogP contribution in [0.1, 0.15) is 26.7 Å². The van der Waals surface area contributed by atoms with Crippen molar-refractivity contribution in [3.63, 3.8) is 0 Å². The van der Waals surface area contributed by atoms with Crippen molar-refractivity contribution in [3.05, 3.63) is 0 Å². The van der Waals surface area contributed by atoms with Gasteiger partial charge in [-0.1, -0.05) is 13.8 Å². The third kappa shape index (κ3) is 1.75. The highest BCUT2D eigenvalue weighted by Gasteiger charge is 2.43. The maximum absolute atomic E-state index is 10.0. The molecule has 0 aromatic carbocycles. The van der Waals surface area contributed by atoms with Gasteiger partial charge < -0.3 is 10.0 Å². The van der Waals surface area contributed by atoms with E-state index < -0.39 is 0 Å². The number of fused-ring (bicyclic) bond motifs is 2. The highest BCUT2D eigenvalue weighted by atomic mass is 16.3. The molecule has 0 radical (unpaired) electrons. The molecule has 2 heteroatoms. The van der Waals surface area contributed by atoms with Gasteiger partial charge in [-0.15, -0.1) is 0 Å². The Bertz CT molecular complexity index is 184. The van der Waals surface area contributed by atoms with Crippen molar-refractivity contribution in [3.8, 4) is 0 Å². The number of aliphatic hydroxyl groups is 1. The molecule has 1 N–H and O–H groups in total. The molecule has 2 fully saturated rings. The second-order valence-corrected chi connectivity index (χ2v) is 5.80. The van der Waals surface area contributed by atoms with Crippen molar-refractivity contribution in [2.75, 3.05) is 20.1 Å². The van der Waals surface area contributed by atoms with E-state index in [0.717, 1.165) is 13.1 Å². The zero-order valence-corrected chi connectivity index (χ0v) is 8.95. The first-order valence-electron chi connectivity index (χ1n) is 5.34. The fraction of sp³-hybridized carbons (Fsp3) is 1.00. The molecule has 76 valence electrons. The van der Waals surface area contributed by atoms with E-state index in [4.69, 9.17) is 0 Å². The standard InChI is InChI=1S/C11H21NO/c1-11(2)4-8-6-12(3)7-9(5-11)10(8)13/h8-10,13H,4-7H2,1-3H3. The van der Waals surface area contributed by atoms with E-state index in [-0.39, 0.29) is 6.10 Å². The number of hydrogen-bond donors (Lipinski definition) is 1. The van der Waals surface area contributed by atoms with Crippen molar-refractivity contribution in [1.82, 2.24) is 4.90 Å². The minimum absolute atomic E-state index is 0.0239. The van der Waals surface area contributed by atoms with Gasteiger partial charge in [0.25, 0.3) is 0 Å². The summed E-state index contributed by atoms with van der Waals surface area (Å²) in [6, 6.07) is 0. The number of aliphatic hydroxyl groups excluding tert-OH is 1. The molecule has 1 heterocycles. The first kappa shape index (κ1) is 9.47. The van der Waals surface area contributed by atoms with Crippen LogP contribution in [-0.4, -0.2) is 36.2 Å². The first-order valence-corrected chi connectivity index (χ1v) is 5.34. The Morgan fingerprint density at radius 2 is 1.62 bits per heavy atom. The third-order valence-corrected chi connectivity index (χ3v) is 3.69. The summed E-state index contributed by atoms with van der Waals surface area (Å²) in [5.41, 5.74) is 0.454. The normalized spacial score (nSPS) is 44.8. The van der Waals surface area contributed by atoms with Crippen LogP contribution in [-0.2, 0) is 0 Å². The molecule has 0 amide bonds. The van der Waals surface area contributed by atoms with Gasteiger partial charge in [-0.25, -0.2) is 0 Å². The summed E-state index contributed by atoms with van der Waals surface area (Å²) in [7, 11) is 2.17. The average Bonchev–Trinajstić information content (AvgIpc) is 1.94. The monoisotopic (exact) mass is 183 g/mol. The number of piperidine rings is 1. The van der Waals surface area contributed by atoms with Crippen LogP contribution >= 0.6 is 0 Å². The summed E-state index contributed by atoms with van der Waals surface area (Å²) < 4.78 is 0. The van der Waals surface area contributed by atoms with Crippen LogP contribution in [0.5, 0.6) is 0 Å². The van der Waals surface area contributed by atoms with Crippen LogP contribution in [0.2, 0.25) is 0 Å². The quantitative estimate of drug-likeness (QED) is 0.612. The molecule has 2 bridgehead atoms. The van der Waals surface area contributed by atoms with Gasteiger partial charge in [0, 0.05) is 13.1 Å². The van der Waals surface area contributed by atoms with Gasteiger partial charge in [-0.2, -0.15) is 0 Å². The lowest BCUT2D eigenvalue weighted by Gasteiger charge is -2.49. The van der Waals surface area contributed by atoms with Gasteiger partial charge >= 0.3 is 0 Å². The van der Waals surface area contributed by atoms with Crippen molar-refractivity contribution in [1.29, 1.82) is 0 Å². The molecule has 1 aliphatic heterocycles. The van der Waals surface area contributed by atoms with E-state index in [1.165, 1.54) is 12.8 Å². The molecule has 1 saturated carbocycles. The van der Waals surface area contributed by atoms with Crippen LogP contribution in [0.15, 0.2) is 0 Å². The van der Waals surface area contributed by atoms with E-state index >= 15 is 0 Å². The lowest BCUT2D eigenvalue weighted by molar-refractivity contribution is -0.0790. The fourth-order valence-electron chi connectivity index (χ4n) is 3.35. The second-order valence-electron chi connectivity index (χ2n) is 5.80. The summed E-state index contributed by atoms with van der Waals surface area (Å²) in [5, 5.41) is 10.0. The summed E-state index contributed by atoms with van der Waals surface area (Å²) in [6.45, 7) is 6.84. The predicted octanol–water partition coefficient (Wildman–Crippen LogP) is 1.35. The maximum atomic E-state index is 10.0. The molecule has 1 aliphatic carbocycles. The molecule has 0 aromatic heterocycles. The smallest absolute Gasteiger partial charge is 0.0621 e. The number of likely N-dealkylation sites (tertiary alicyclic amines) is 1. The molecule has 2 rings (SSSR count). The molecule has 0 spiro atoms. The summed E-state index contributed by atoms with van der Waals surface area (Å²) in [5.74, 6) is 1.04. The Morgan fingerprint density at radius 1 is 1.15 bits per heavy atom. The molecular formula is C11H21NO. The molecule has 2 aliphatic rings. The third-order valence-electron chi connectivity index (χ3n) is 3.69. The average molecular weight is 183 g/mol. The predicted molar refractivity (Wildman–Crippen MR) is 53.5 cm³/mol. The van der Waals surface area contributed by atoms with E-state index in [0.29, 0.717) is 17.3 Å². The Kier molecular flexibility index (Phi) is 2.16. The lowest BCUT2D eigenvalue weighted by atomic mass is 9.64. The largest absolute Gasteiger partial charge is 0.392 e. The Balaban J connectivity index is 2.13. The van der Waals surface area contributed by atoms with Crippen molar-refractivity contribution >= 4 is 0 Å². The van der Waals surface area contributed by atoms with Crippen LogP contribution in [0.4, 0.5) is 0 Å². The molecule has 2 unspecified atom stereocenters. The van der Waals surface area contributed by atoms with E-state index in [9.17, 15) is 5.11 Å². The molecule has 13 heavy (non-hydrogen) atoms. The summed E-state index contributed by atoms with van der Waals surface area (Å²) in [6.07, 6.45) is 2.36. The van der Waals surface area contributed by atoms with Crippen molar-refractivity contribution < 1.29 is 5.11 Å². The summed E-state index contributed by atoms with van der Waals surface area (Å²) >= 11 is 0. The minimum atomic E-state index is -0.0239. The zero-order valence-electron chi connectivity index (χ0n) is 8.95. The van der Waals surface area contributed by atoms with Gasteiger partial charge in [-0.3, -0.25) is 0 Å². The van der Waals surface area contributed by atoms with Crippen molar-refractivity contribution in [2.45, 2.75) is 32.8 Å². The molecule has 1 saturated heterocycles. The molecule has 0 aromatic rings.